The lowest BCUT2D eigenvalue weighted by Gasteiger charge is -2.10. The van der Waals surface area contributed by atoms with Crippen LogP contribution in [0, 0.1) is 0 Å². The molecule has 3 heterocycles. The minimum absolute atomic E-state index is 0.911. The third-order valence-corrected chi connectivity index (χ3v) is 9.12. The molecule has 2 nitrogen and oxygen atoms in total. The van der Waals surface area contributed by atoms with Gasteiger partial charge in [0.15, 0.2) is 5.58 Å². The third-order valence-electron chi connectivity index (χ3n) is 7.99. The molecule has 39 heavy (non-hydrogen) atoms. The summed E-state index contributed by atoms with van der Waals surface area (Å²) in [7, 11) is 0. The number of para-hydroxylation sites is 3. The summed E-state index contributed by atoms with van der Waals surface area (Å²) in [6.07, 6.45) is 0. The summed E-state index contributed by atoms with van der Waals surface area (Å²) in [4.78, 5) is 0. The maximum Gasteiger partial charge on any atom is 0.160 e. The van der Waals surface area contributed by atoms with E-state index < -0.39 is 0 Å². The summed E-state index contributed by atoms with van der Waals surface area (Å²) in [5.74, 6) is 0. The van der Waals surface area contributed by atoms with Crippen LogP contribution >= 0.6 is 11.3 Å². The van der Waals surface area contributed by atoms with Gasteiger partial charge in [0.1, 0.15) is 5.58 Å². The van der Waals surface area contributed by atoms with Crippen LogP contribution in [0.5, 0.6) is 0 Å². The van der Waals surface area contributed by atoms with E-state index in [0.29, 0.717) is 0 Å². The number of benzene rings is 6. The average molecular weight is 516 g/mol. The minimum Gasteiger partial charge on any atom is -0.454 e. The molecule has 0 aliphatic carbocycles. The van der Waals surface area contributed by atoms with Gasteiger partial charge < -0.3 is 8.98 Å². The summed E-state index contributed by atoms with van der Waals surface area (Å²) in [5.41, 5.74) is 7.68. The maximum atomic E-state index is 6.74. The first-order chi connectivity index (χ1) is 19.3. The number of thiophene rings is 1. The molecule has 0 unspecified atom stereocenters. The van der Waals surface area contributed by atoms with Crippen LogP contribution in [-0.2, 0) is 0 Å². The Morgan fingerprint density at radius 1 is 0.538 bits per heavy atom. The second kappa shape index (κ2) is 7.83. The number of fused-ring (bicyclic) bond motifs is 10. The molecule has 0 bridgehead atoms. The zero-order chi connectivity index (χ0) is 25.5. The molecular formula is C36H21NOS. The van der Waals surface area contributed by atoms with Crippen LogP contribution in [0.15, 0.2) is 132 Å². The van der Waals surface area contributed by atoms with Crippen LogP contribution < -0.4 is 0 Å². The van der Waals surface area contributed by atoms with Crippen molar-refractivity contribution in [3.8, 4) is 16.8 Å². The number of hydrogen-bond donors (Lipinski definition) is 0. The van der Waals surface area contributed by atoms with Crippen LogP contribution in [0.2, 0.25) is 0 Å². The predicted octanol–water partition coefficient (Wildman–Crippen LogP) is 10.7. The Morgan fingerprint density at radius 3 is 2.15 bits per heavy atom. The monoisotopic (exact) mass is 515 g/mol. The largest absolute Gasteiger partial charge is 0.454 e. The summed E-state index contributed by atoms with van der Waals surface area (Å²) >= 11 is 1.86. The van der Waals surface area contributed by atoms with Gasteiger partial charge in [-0.3, -0.25) is 0 Å². The van der Waals surface area contributed by atoms with Crippen molar-refractivity contribution in [3.05, 3.63) is 127 Å². The summed E-state index contributed by atoms with van der Waals surface area (Å²) in [6.45, 7) is 0. The number of rotatable bonds is 2. The summed E-state index contributed by atoms with van der Waals surface area (Å²) < 4.78 is 11.7. The van der Waals surface area contributed by atoms with Gasteiger partial charge >= 0.3 is 0 Å². The molecule has 0 spiro atoms. The first-order valence-corrected chi connectivity index (χ1v) is 14.0. The average Bonchev–Trinajstić information content (AvgIpc) is 3.66. The molecular weight excluding hydrogens is 494 g/mol. The zero-order valence-corrected chi connectivity index (χ0v) is 21.7. The Kier molecular flexibility index (Phi) is 4.24. The smallest absolute Gasteiger partial charge is 0.160 e. The molecule has 0 aliphatic heterocycles. The van der Waals surface area contributed by atoms with Gasteiger partial charge in [0.05, 0.1) is 11.0 Å². The van der Waals surface area contributed by atoms with Gasteiger partial charge in [-0.25, -0.2) is 0 Å². The quantitative estimate of drug-likeness (QED) is 0.224. The normalized spacial score (nSPS) is 12.1. The van der Waals surface area contributed by atoms with Crippen LogP contribution in [0.4, 0.5) is 0 Å². The molecule has 9 rings (SSSR count). The van der Waals surface area contributed by atoms with Gasteiger partial charge in [-0.05, 0) is 53.6 Å². The van der Waals surface area contributed by atoms with Crippen LogP contribution in [0.3, 0.4) is 0 Å². The van der Waals surface area contributed by atoms with E-state index in [0.717, 1.165) is 27.8 Å². The van der Waals surface area contributed by atoms with Gasteiger partial charge in [0.25, 0.3) is 0 Å². The van der Waals surface area contributed by atoms with Crippen molar-refractivity contribution in [1.82, 2.24) is 4.57 Å². The van der Waals surface area contributed by atoms with Gasteiger partial charge in [-0.1, -0.05) is 84.9 Å². The Hall–Kier alpha value is -4.86. The third kappa shape index (κ3) is 2.91. The van der Waals surface area contributed by atoms with E-state index in [1.807, 2.05) is 11.3 Å². The predicted molar refractivity (Wildman–Crippen MR) is 166 cm³/mol. The van der Waals surface area contributed by atoms with Crippen molar-refractivity contribution in [1.29, 1.82) is 0 Å². The lowest BCUT2D eigenvalue weighted by Crippen LogP contribution is -1.93. The summed E-state index contributed by atoms with van der Waals surface area (Å²) in [5, 5.41) is 7.37. The highest BCUT2D eigenvalue weighted by atomic mass is 32.1. The molecule has 0 atom stereocenters. The Morgan fingerprint density at radius 2 is 1.26 bits per heavy atom. The van der Waals surface area contributed by atoms with E-state index in [1.165, 1.54) is 53.0 Å². The Balaban J connectivity index is 1.47. The highest BCUT2D eigenvalue weighted by molar-refractivity contribution is 7.25. The van der Waals surface area contributed by atoms with Crippen molar-refractivity contribution in [3.63, 3.8) is 0 Å². The molecule has 6 aromatic carbocycles. The molecule has 0 radical (unpaired) electrons. The Bertz CT molecular complexity index is 2390. The van der Waals surface area contributed by atoms with Crippen molar-refractivity contribution in [2.45, 2.75) is 0 Å². The van der Waals surface area contributed by atoms with Gasteiger partial charge in [0.2, 0.25) is 0 Å². The molecule has 0 saturated heterocycles. The molecule has 182 valence electrons. The second-order valence-corrected chi connectivity index (χ2v) is 11.2. The van der Waals surface area contributed by atoms with Crippen LogP contribution in [0.1, 0.15) is 0 Å². The first kappa shape index (κ1) is 21.1. The molecule has 0 saturated carbocycles. The van der Waals surface area contributed by atoms with Crippen molar-refractivity contribution in [2.75, 3.05) is 0 Å². The molecule has 3 heteroatoms. The second-order valence-electron chi connectivity index (χ2n) is 10.1. The standard InChI is InChI=1S/C36H21NOS/c1-2-10-23(11-3-1)37-30-15-7-4-12-24(30)29-21-28(34-27-14-5-8-16-31(27)38-36(34)35(29)37)22-18-19-26-25-13-6-9-17-32(25)39-33(26)20-22/h1-21H. The lowest BCUT2D eigenvalue weighted by molar-refractivity contribution is 0.671. The van der Waals surface area contributed by atoms with Crippen molar-refractivity contribution < 1.29 is 4.42 Å². The number of nitrogens with zero attached hydrogens (tertiary/aromatic N) is 1. The first-order valence-electron chi connectivity index (χ1n) is 13.2. The van der Waals surface area contributed by atoms with E-state index in [1.54, 1.807) is 0 Å². The van der Waals surface area contributed by atoms with Crippen molar-refractivity contribution >= 4 is 75.3 Å². The number of hydrogen-bond acceptors (Lipinski definition) is 2. The summed E-state index contributed by atoms with van der Waals surface area (Å²) in [6, 6.07) is 45.7. The fourth-order valence-electron chi connectivity index (χ4n) is 6.30. The van der Waals surface area contributed by atoms with E-state index in [2.05, 4.69) is 132 Å². The van der Waals surface area contributed by atoms with Crippen LogP contribution in [-0.4, -0.2) is 4.57 Å². The zero-order valence-electron chi connectivity index (χ0n) is 20.9. The fraction of sp³-hybridized carbons (Fsp3) is 0. The molecule has 9 aromatic rings. The topological polar surface area (TPSA) is 18.1 Å². The molecule has 3 aromatic heterocycles. The number of aromatic nitrogens is 1. The van der Waals surface area contributed by atoms with E-state index in [4.69, 9.17) is 4.42 Å². The van der Waals surface area contributed by atoms with Gasteiger partial charge in [0, 0.05) is 47.4 Å². The van der Waals surface area contributed by atoms with Gasteiger partial charge in [-0.15, -0.1) is 11.3 Å². The van der Waals surface area contributed by atoms with E-state index in [9.17, 15) is 0 Å². The minimum atomic E-state index is 0.911. The maximum absolute atomic E-state index is 6.74. The fourth-order valence-corrected chi connectivity index (χ4v) is 7.44. The molecule has 0 amide bonds. The Labute approximate surface area is 227 Å². The van der Waals surface area contributed by atoms with E-state index in [-0.39, 0.29) is 0 Å². The molecule has 0 fully saturated rings. The molecule has 0 aliphatic rings. The SMILES string of the molecule is c1ccc(-n2c3ccccc3c3cc(-c4ccc5c(c4)sc4ccccc45)c4c5ccccc5oc4c32)cc1. The van der Waals surface area contributed by atoms with E-state index >= 15 is 0 Å². The van der Waals surface area contributed by atoms with Crippen LogP contribution in [0.25, 0.3) is 80.7 Å². The lowest BCUT2D eigenvalue weighted by atomic mass is 9.96. The highest BCUT2D eigenvalue weighted by Gasteiger charge is 2.22. The van der Waals surface area contributed by atoms with Gasteiger partial charge in [-0.2, -0.15) is 0 Å². The molecule has 0 N–H and O–H groups in total. The highest BCUT2D eigenvalue weighted by Crippen LogP contribution is 2.46. The van der Waals surface area contributed by atoms with Crippen molar-refractivity contribution in [2.24, 2.45) is 0 Å². The number of furan rings is 1.